The molecule has 0 saturated carbocycles. The second kappa shape index (κ2) is 7.99. The molecule has 0 radical (unpaired) electrons. The number of hydrogen-bond acceptors (Lipinski definition) is 3. The molecule has 126 valence electrons. The molecular weight excluding hydrogens is 341 g/mol. The summed E-state index contributed by atoms with van der Waals surface area (Å²) in [6.07, 6.45) is 1.52. The van der Waals surface area contributed by atoms with E-state index in [2.05, 4.69) is 5.32 Å². The number of carbonyl (C=O) groups excluding carboxylic acids is 1. The van der Waals surface area contributed by atoms with Crippen LogP contribution in [0.2, 0.25) is 10.0 Å². The van der Waals surface area contributed by atoms with Crippen molar-refractivity contribution in [2.45, 2.75) is 31.7 Å². The number of carboxylic acid groups (broad SMARTS) is 1. The molecule has 5 nitrogen and oxygen atoms in total. The van der Waals surface area contributed by atoms with Gasteiger partial charge in [0.2, 0.25) is 5.91 Å². The molecule has 1 aromatic carbocycles. The Kier molecular flexibility index (Phi) is 6.27. The maximum Gasteiger partial charge on any atom is 0.326 e. The highest BCUT2D eigenvalue weighted by Gasteiger charge is 2.32. The van der Waals surface area contributed by atoms with Gasteiger partial charge >= 0.3 is 5.97 Å². The zero-order chi connectivity index (χ0) is 17.0. The fourth-order valence-corrected chi connectivity index (χ4v) is 2.93. The lowest BCUT2D eigenvalue weighted by Gasteiger charge is -2.29. The molecule has 1 amide bonds. The van der Waals surface area contributed by atoms with Crippen LogP contribution in [0.4, 0.5) is 0 Å². The smallest absolute Gasteiger partial charge is 0.326 e. The Balaban J connectivity index is 2.07. The van der Waals surface area contributed by atoms with Gasteiger partial charge in [-0.05, 0) is 37.5 Å². The molecule has 1 aliphatic heterocycles. The first-order valence-electron chi connectivity index (χ1n) is 7.46. The van der Waals surface area contributed by atoms with Crippen LogP contribution in [-0.4, -0.2) is 36.2 Å². The molecule has 1 fully saturated rings. The first-order valence-corrected chi connectivity index (χ1v) is 8.21. The number of halogens is 2. The number of amides is 1. The minimum Gasteiger partial charge on any atom is -0.480 e. The lowest BCUT2D eigenvalue weighted by molar-refractivity contribution is -0.145. The molecule has 3 unspecified atom stereocenters. The van der Waals surface area contributed by atoms with Gasteiger partial charge in [0.1, 0.15) is 6.04 Å². The summed E-state index contributed by atoms with van der Waals surface area (Å²) in [4.78, 5) is 23.9. The SMILES string of the molecule is CC(C(=O)NC(C(=O)O)C1CCCOC1)c1ccc(Cl)c(Cl)c1. The highest BCUT2D eigenvalue weighted by molar-refractivity contribution is 6.42. The quantitative estimate of drug-likeness (QED) is 0.846. The van der Waals surface area contributed by atoms with Crippen molar-refractivity contribution in [3.05, 3.63) is 33.8 Å². The third-order valence-electron chi connectivity index (χ3n) is 4.07. The Morgan fingerprint density at radius 1 is 1.35 bits per heavy atom. The van der Waals surface area contributed by atoms with Crippen LogP contribution in [0.1, 0.15) is 31.2 Å². The summed E-state index contributed by atoms with van der Waals surface area (Å²) in [7, 11) is 0. The number of aliphatic carboxylic acids is 1. The highest BCUT2D eigenvalue weighted by Crippen LogP contribution is 2.27. The molecule has 0 bridgehead atoms. The molecule has 3 atom stereocenters. The first-order chi connectivity index (χ1) is 10.9. The van der Waals surface area contributed by atoms with E-state index in [1.807, 2.05) is 0 Å². The van der Waals surface area contributed by atoms with Crippen LogP contribution in [0.25, 0.3) is 0 Å². The van der Waals surface area contributed by atoms with Gasteiger partial charge in [0.25, 0.3) is 0 Å². The molecule has 1 aromatic rings. The van der Waals surface area contributed by atoms with Crippen molar-refractivity contribution in [2.24, 2.45) is 5.92 Å². The molecule has 7 heteroatoms. The number of carbonyl (C=O) groups is 2. The molecular formula is C16H19Cl2NO4. The van der Waals surface area contributed by atoms with E-state index in [-0.39, 0.29) is 11.8 Å². The molecule has 2 N–H and O–H groups in total. The standard InChI is InChI=1S/C16H19Cl2NO4/c1-9(10-4-5-12(17)13(18)7-10)15(20)19-14(16(21)22)11-3-2-6-23-8-11/h4-5,7,9,11,14H,2-3,6,8H2,1H3,(H,19,20)(H,21,22). The second-order valence-electron chi connectivity index (χ2n) is 5.70. The van der Waals surface area contributed by atoms with Gasteiger partial charge in [-0.25, -0.2) is 4.79 Å². The predicted molar refractivity (Wildman–Crippen MR) is 88.0 cm³/mol. The van der Waals surface area contributed by atoms with E-state index in [1.54, 1.807) is 25.1 Å². The van der Waals surface area contributed by atoms with Gasteiger partial charge in [0.15, 0.2) is 0 Å². The van der Waals surface area contributed by atoms with Crippen molar-refractivity contribution in [2.75, 3.05) is 13.2 Å². The Bertz CT molecular complexity index is 587. The fourth-order valence-electron chi connectivity index (χ4n) is 2.62. The normalized spacial score (nSPS) is 20.6. The van der Waals surface area contributed by atoms with E-state index in [0.717, 1.165) is 12.8 Å². The molecule has 23 heavy (non-hydrogen) atoms. The number of carboxylic acids is 1. The van der Waals surface area contributed by atoms with E-state index in [1.165, 1.54) is 0 Å². The van der Waals surface area contributed by atoms with Crippen molar-refractivity contribution in [3.63, 3.8) is 0 Å². The van der Waals surface area contributed by atoms with Crippen LogP contribution >= 0.6 is 23.2 Å². The number of nitrogens with one attached hydrogen (secondary N) is 1. The van der Waals surface area contributed by atoms with E-state index < -0.39 is 17.9 Å². The van der Waals surface area contributed by atoms with Crippen LogP contribution in [-0.2, 0) is 14.3 Å². The molecule has 0 aliphatic carbocycles. The van der Waals surface area contributed by atoms with Gasteiger partial charge in [-0.15, -0.1) is 0 Å². The summed E-state index contributed by atoms with van der Waals surface area (Å²) in [5.41, 5.74) is 0.681. The molecule has 1 saturated heterocycles. The average molecular weight is 360 g/mol. The number of rotatable bonds is 5. The van der Waals surface area contributed by atoms with Crippen LogP contribution in [0.3, 0.4) is 0 Å². The number of benzene rings is 1. The van der Waals surface area contributed by atoms with Crippen LogP contribution in [0, 0.1) is 5.92 Å². The van der Waals surface area contributed by atoms with Crippen molar-refractivity contribution >= 4 is 35.1 Å². The minimum atomic E-state index is -1.05. The van der Waals surface area contributed by atoms with Gasteiger partial charge in [0, 0.05) is 12.5 Å². The summed E-state index contributed by atoms with van der Waals surface area (Å²) >= 11 is 11.8. The molecule has 2 rings (SSSR count). The molecule has 1 heterocycles. The first kappa shape index (κ1) is 18.0. The Labute approximate surface area is 144 Å². The number of ether oxygens (including phenoxy) is 1. The van der Waals surface area contributed by atoms with Crippen LogP contribution < -0.4 is 5.32 Å². The third kappa shape index (κ3) is 4.59. The van der Waals surface area contributed by atoms with E-state index in [4.69, 9.17) is 27.9 Å². The Morgan fingerprint density at radius 2 is 2.09 bits per heavy atom. The van der Waals surface area contributed by atoms with Gasteiger partial charge in [0.05, 0.1) is 22.6 Å². The summed E-state index contributed by atoms with van der Waals surface area (Å²) in [5.74, 6) is -2.15. The fraction of sp³-hybridized carbons (Fsp3) is 0.500. The topological polar surface area (TPSA) is 75.6 Å². The molecule has 0 aromatic heterocycles. The summed E-state index contributed by atoms with van der Waals surface area (Å²) in [6, 6.07) is 3.99. The van der Waals surface area contributed by atoms with E-state index in [9.17, 15) is 14.7 Å². The highest BCUT2D eigenvalue weighted by atomic mass is 35.5. The number of hydrogen-bond donors (Lipinski definition) is 2. The van der Waals surface area contributed by atoms with Crippen molar-refractivity contribution in [1.82, 2.24) is 5.32 Å². The average Bonchev–Trinajstić information content (AvgIpc) is 2.54. The van der Waals surface area contributed by atoms with Crippen molar-refractivity contribution in [1.29, 1.82) is 0 Å². The Hall–Kier alpha value is -1.30. The minimum absolute atomic E-state index is 0.216. The van der Waals surface area contributed by atoms with Gasteiger partial charge in [-0.3, -0.25) is 4.79 Å². The lowest BCUT2D eigenvalue weighted by Crippen LogP contribution is -2.49. The lowest BCUT2D eigenvalue weighted by atomic mass is 9.92. The maximum absolute atomic E-state index is 12.4. The second-order valence-corrected chi connectivity index (χ2v) is 6.51. The van der Waals surface area contributed by atoms with Crippen molar-refractivity contribution < 1.29 is 19.4 Å². The monoisotopic (exact) mass is 359 g/mol. The summed E-state index contributed by atoms with van der Waals surface area (Å²) in [5, 5.41) is 12.8. The molecule has 0 spiro atoms. The largest absolute Gasteiger partial charge is 0.480 e. The summed E-state index contributed by atoms with van der Waals surface area (Å²) < 4.78 is 5.32. The molecule has 1 aliphatic rings. The van der Waals surface area contributed by atoms with Crippen molar-refractivity contribution in [3.8, 4) is 0 Å². The Morgan fingerprint density at radius 3 is 2.65 bits per heavy atom. The predicted octanol–water partition coefficient (Wildman–Crippen LogP) is 3.09. The summed E-state index contributed by atoms with van der Waals surface area (Å²) in [6.45, 7) is 2.68. The zero-order valence-electron chi connectivity index (χ0n) is 12.7. The maximum atomic E-state index is 12.4. The van der Waals surface area contributed by atoms with Gasteiger partial charge in [-0.1, -0.05) is 29.3 Å². The zero-order valence-corrected chi connectivity index (χ0v) is 14.2. The van der Waals surface area contributed by atoms with E-state index in [0.29, 0.717) is 28.8 Å². The third-order valence-corrected chi connectivity index (χ3v) is 4.81. The van der Waals surface area contributed by atoms with Gasteiger partial charge < -0.3 is 15.2 Å². The van der Waals surface area contributed by atoms with E-state index >= 15 is 0 Å². The van der Waals surface area contributed by atoms with Crippen LogP contribution in [0.15, 0.2) is 18.2 Å². The van der Waals surface area contributed by atoms with Gasteiger partial charge in [-0.2, -0.15) is 0 Å². The van der Waals surface area contributed by atoms with Crippen LogP contribution in [0.5, 0.6) is 0 Å².